The fourth-order valence-electron chi connectivity index (χ4n) is 2.66. The lowest BCUT2D eigenvalue weighted by atomic mass is 10.2. The third kappa shape index (κ3) is 5.63. The summed E-state index contributed by atoms with van der Waals surface area (Å²) >= 11 is 0. The summed E-state index contributed by atoms with van der Waals surface area (Å²) in [4.78, 5) is 24.4. The van der Waals surface area contributed by atoms with E-state index in [2.05, 4.69) is 5.32 Å². The molecule has 25 heavy (non-hydrogen) atoms. The SMILES string of the molecule is O=C(CN1CCCC1C(=O)O)NCCOc1cccc(C(F)(F)F)c1. The van der Waals surface area contributed by atoms with Crippen molar-refractivity contribution in [3.63, 3.8) is 0 Å². The highest BCUT2D eigenvalue weighted by Crippen LogP contribution is 2.31. The molecule has 1 saturated heterocycles. The van der Waals surface area contributed by atoms with E-state index in [1.165, 1.54) is 12.1 Å². The van der Waals surface area contributed by atoms with Crippen molar-refractivity contribution < 1.29 is 32.6 Å². The van der Waals surface area contributed by atoms with Crippen LogP contribution in [0.15, 0.2) is 24.3 Å². The Labute approximate surface area is 142 Å². The summed E-state index contributed by atoms with van der Waals surface area (Å²) in [7, 11) is 0. The first kappa shape index (κ1) is 19.0. The van der Waals surface area contributed by atoms with E-state index in [-0.39, 0.29) is 31.4 Å². The first-order valence-electron chi connectivity index (χ1n) is 7.81. The van der Waals surface area contributed by atoms with Crippen LogP contribution >= 0.6 is 0 Å². The Balaban J connectivity index is 1.72. The summed E-state index contributed by atoms with van der Waals surface area (Å²) < 4.78 is 43.0. The molecule has 0 radical (unpaired) electrons. The molecule has 138 valence electrons. The molecule has 1 aromatic carbocycles. The number of aliphatic carboxylic acids is 1. The first-order valence-corrected chi connectivity index (χ1v) is 7.81. The lowest BCUT2D eigenvalue weighted by Crippen LogP contribution is -2.43. The summed E-state index contributed by atoms with van der Waals surface area (Å²) in [5.41, 5.74) is -0.803. The second-order valence-corrected chi connectivity index (χ2v) is 5.69. The van der Waals surface area contributed by atoms with Gasteiger partial charge in [-0.3, -0.25) is 14.5 Å². The molecule has 1 fully saturated rings. The molecule has 1 atom stereocenters. The fraction of sp³-hybridized carbons (Fsp3) is 0.500. The molecule has 1 amide bonds. The van der Waals surface area contributed by atoms with Crippen LogP contribution in [0.1, 0.15) is 18.4 Å². The molecular weight excluding hydrogens is 341 g/mol. The average molecular weight is 360 g/mol. The van der Waals surface area contributed by atoms with E-state index >= 15 is 0 Å². The van der Waals surface area contributed by atoms with Crippen LogP contribution in [0.3, 0.4) is 0 Å². The molecule has 1 aliphatic heterocycles. The van der Waals surface area contributed by atoms with Gasteiger partial charge in [-0.05, 0) is 37.6 Å². The molecule has 2 N–H and O–H groups in total. The van der Waals surface area contributed by atoms with Gasteiger partial charge in [0.2, 0.25) is 5.91 Å². The number of carboxylic acid groups (broad SMARTS) is 1. The number of alkyl halides is 3. The third-order valence-electron chi connectivity index (χ3n) is 3.85. The van der Waals surface area contributed by atoms with Gasteiger partial charge in [-0.15, -0.1) is 0 Å². The Morgan fingerprint density at radius 2 is 2.12 bits per heavy atom. The standard InChI is InChI=1S/C16H19F3N2O4/c17-16(18,19)11-3-1-4-12(9-11)25-8-6-20-14(22)10-21-7-2-5-13(21)15(23)24/h1,3-4,9,13H,2,5-8,10H2,(H,20,22)(H,23,24). The average Bonchev–Trinajstić information content (AvgIpc) is 2.99. The molecule has 1 aromatic rings. The van der Waals surface area contributed by atoms with Crippen molar-refractivity contribution in [2.75, 3.05) is 26.2 Å². The van der Waals surface area contributed by atoms with Crippen molar-refractivity contribution in [2.24, 2.45) is 0 Å². The van der Waals surface area contributed by atoms with Crippen LogP contribution in [-0.4, -0.2) is 54.2 Å². The van der Waals surface area contributed by atoms with E-state index in [0.717, 1.165) is 18.6 Å². The largest absolute Gasteiger partial charge is 0.492 e. The zero-order chi connectivity index (χ0) is 18.4. The lowest BCUT2D eigenvalue weighted by molar-refractivity contribution is -0.142. The van der Waals surface area contributed by atoms with Crippen molar-refractivity contribution in [2.45, 2.75) is 25.1 Å². The quantitative estimate of drug-likeness (QED) is 0.725. The number of carboxylic acids is 1. The Kier molecular flexibility index (Phi) is 6.24. The highest BCUT2D eigenvalue weighted by atomic mass is 19.4. The second-order valence-electron chi connectivity index (χ2n) is 5.69. The van der Waals surface area contributed by atoms with Gasteiger partial charge in [0.25, 0.3) is 0 Å². The van der Waals surface area contributed by atoms with Gasteiger partial charge in [0.1, 0.15) is 18.4 Å². The van der Waals surface area contributed by atoms with Gasteiger partial charge in [0, 0.05) is 0 Å². The number of nitrogens with one attached hydrogen (secondary N) is 1. The minimum Gasteiger partial charge on any atom is -0.492 e. The van der Waals surface area contributed by atoms with Crippen LogP contribution < -0.4 is 10.1 Å². The van der Waals surface area contributed by atoms with Crippen molar-refractivity contribution in [1.29, 1.82) is 0 Å². The van der Waals surface area contributed by atoms with Gasteiger partial charge in [-0.2, -0.15) is 13.2 Å². The summed E-state index contributed by atoms with van der Waals surface area (Å²) in [5, 5.41) is 11.6. The number of ether oxygens (including phenoxy) is 1. The van der Waals surface area contributed by atoms with Gasteiger partial charge in [0.15, 0.2) is 0 Å². The topological polar surface area (TPSA) is 78.9 Å². The van der Waals surface area contributed by atoms with Crippen molar-refractivity contribution in [3.05, 3.63) is 29.8 Å². The molecule has 9 heteroatoms. The molecular formula is C16H19F3N2O4. The molecule has 1 heterocycles. The van der Waals surface area contributed by atoms with E-state index in [1.807, 2.05) is 0 Å². The molecule has 2 rings (SSSR count). The number of carbonyl (C=O) groups excluding carboxylic acids is 1. The van der Waals surface area contributed by atoms with E-state index in [0.29, 0.717) is 13.0 Å². The molecule has 6 nitrogen and oxygen atoms in total. The zero-order valence-corrected chi connectivity index (χ0v) is 13.4. The van der Waals surface area contributed by atoms with Crippen molar-refractivity contribution in [1.82, 2.24) is 10.2 Å². The Morgan fingerprint density at radius 3 is 2.80 bits per heavy atom. The van der Waals surface area contributed by atoms with E-state index < -0.39 is 23.8 Å². The number of hydrogen-bond acceptors (Lipinski definition) is 4. The molecule has 0 bridgehead atoms. The van der Waals surface area contributed by atoms with Crippen LogP contribution in [0, 0.1) is 0 Å². The summed E-state index contributed by atoms with van der Waals surface area (Å²) in [6.07, 6.45) is -3.20. The number of carbonyl (C=O) groups is 2. The molecule has 0 saturated carbocycles. The zero-order valence-electron chi connectivity index (χ0n) is 13.4. The highest BCUT2D eigenvalue weighted by molar-refractivity contribution is 5.80. The van der Waals surface area contributed by atoms with Crippen LogP contribution in [-0.2, 0) is 15.8 Å². The Bertz CT molecular complexity index is 622. The molecule has 0 aliphatic carbocycles. The van der Waals surface area contributed by atoms with E-state index in [4.69, 9.17) is 9.84 Å². The number of halogens is 3. The lowest BCUT2D eigenvalue weighted by Gasteiger charge is -2.20. The van der Waals surface area contributed by atoms with E-state index in [1.54, 1.807) is 4.90 Å². The predicted octanol–water partition coefficient (Wildman–Crippen LogP) is 1.75. The normalized spacial score (nSPS) is 18.1. The van der Waals surface area contributed by atoms with Crippen LogP contribution in [0.25, 0.3) is 0 Å². The monoisotopic (exact) mass is 360 g/mol. The number of amides is 1. The van der Waals surface area contributed by atoms with Gasteiger partial charge >= 0.3 is 12.1 Å². The van der Waals surface area contributed by atoms with Crippen LogP contribution in [0.5, 0.6) is 5.75 Å². The van der Waals surface area contributed by atoms with Crippen LogP contribution in [0.4, 0.5) is 13.2 Å². The Morgan fingerprint density at radius 1 is 1.36 bits per heavy atom. The molecule has 0 spiro atoms. The van der Waals surface area contributed by atoms with Gasteiger partial charge in [-0.25, -0.2) is 0 Å². The number of likely N-dealkylation sites (tertiary alicyclic amines) is 1. The predicted molar refractivity (Wildman–Crippen MR) is 82.2 cm³/mol. The second kappa shape index (κ2) is 8.19. The van der Waals surface area contributed by atoms with E-state index in [9.17, 15) is 22.8 Å². The highest BCUT2D eigenvalue weighted by Gasteiger charge is 2.32. The van der Waals surface area contributed by atoms with Crippen molar-refractivity contribution in [3.8, 4) is 5.75 Å². The van der Waals surface area contributed by atoms with Gasteiger partial charge in [0.05, 0.1) is 18.7 Å². The minimum atomic E-state index is -4.44. The number of benzene rings is 1. The third-order valence-corrected chi connectivity index (χ3v) is 3.85. The summed E-state index contributed by atoms with van der Waals surface area (Å²) in [5.74, 6) is -1.23. The summed E-state index contributed by atoms with van der Waals surface area (Å²) in [6.45, 7) is 0.641. The maximum atomic E-state index is 12.6. The maximum absolute atomic E-state index is 12.6. The molecule has 1 aliphatic rings. The number of nitrogens with zero attached hydrogens (tertiary/aromatic N) is 1. The Hall–Kier alpha value is -2.29. The number of rotatable bonds is 7. The maximum Gasteiger partial charge on any atom is 0.416 e. The smallest absolute Gasteiger partial charge is 0.416 e. The molecule has 0 aromatic heterocycles. The fourth-order valence-corrected chi connectivity index (χ4v) is 2.66. The van der Waals surface area contributed by atoms with Gasteiger partial charge in [-0.1, -0.05) is 6.07 Å². The minimum absolute atomic E-state index is 0.00933. The first-order chi connectivity index (χ1) is 11.8. The molecule has 1 unspecified atom stereocenters. The van der Waals surface area contributed by atoms with Crippen LogP contribution in [0.2, 0.25) is 0 Å². The number of hydrogen-bond donors (Lipinski definition) is 2. The van der Waals surface area contributed by atoms with Gasteiger partial charge < -0.3 is 15.2 Å². The van der Waals surface area contributed by atoms with Crippen molar-refractivity contribution >= 4 is 11.9 Å². The summed E-state index contributed by atoms with van der Waals surface area (Å²) in [6, 6.07) is 3.84.